The molecule has 1 aromatic carbocycles. The molecule has 1 rings (SSSR count). The van der Waals surface area contributed by atoms with Crippen LogP contribution in [0.5, 0.6) is 0 Å². The molecular weight excluding hydrogens is 280 g/mol. The Morgan fingerprint density at radius 1 is 1.35 bits per heavy atom. The van der Waals surface area contributed by atoms with Crippen molar-refractivity contribution in [3.8, 4) is 0 Å². The third-order valence-corrected chi connectivity index (χ3v) is 3.63. The summed E-state index contributed by atoms with van der Waals surface area (Å²) in [6.45, 7) is 2.30. The Labute approximate surface area is 116 Å². The Hall–Kier alpha value is -0.440. The van der Waals surface area contributed by atoms with Crippen molar-refractivity contribution in [2.24, 2.45) is 5.92 Å². The normalized spacial score (nSPS) is 12.3. The summed E-state index contributed by atoms with van der Waals surface area (Å²) in [4.78, 5) is 13.4. The number of amides is 1. The molecule has 0 heterocycles. The summed E-state index contributed by atoms with van der Waals surface area (Å²) in [6.07, 6.45) is 0. The van der Waals surface area contributed by atoms with Gasteiger partial charge >= 0.3 is 0 Å². The Bertz CT molecular complexity index is 409. The van der Waals surface area contributed by atoms with Crippen LogP contribution in [0.3, 0.4) is 0 Å². The van der Waals surface area contributed by atoms with Crippen LogP contribution in [0.25, 0.3) is 0 Å². The molecule has 0 aromatic heterocycles. The summed E-state index contributed by atoms with van der Waals surface area (Å²) in [5.41, 5.74) is 0.942. The summed E-state index contributed by atoms with van der Waals surface area (Å²) in [5, 5.41) is 1.01. The second-order valence-corrected chi connectivity index (χ2v) is 5.12. The van der Waals surface area contributed by atoms with Gasteiger partial charge in [0.2, 0.25) is 5.91 Å². The summed E-state index contributed by atoms with van der Waals surface area (Å²) in [5.74, 6) is 0.167. The molecule has 17 heavy (non-hydrogen) atoms. The molecule has 0 saturated carbocycles. The maximum Gasteiger partial charge on any atom is 0.226 e. The molecule has 2 nitrogen and oxygen atoms in total. The molecule has 0 spiro atoms. The Balaban J connectivity index is 2.71. The molecule has 0 N–H and O–H groups in total. The van der Waals surface area contributed by atoms with Crippen LogP contribution < -0.4 is 0 Å². The van der Waals surface area contributed by atoms with Crippen LogP contribution in [0, 0.1) is 5.92 Å². The lowest BCUT2D eigenvalue weighted by atomic mass is 10.1. The van der Waals surface area contributed by atoms with Crippen molar-refractivity contribution < 1.29 is 4.79 Å². The quantitative estimate of drug-likeness (QED) is 0.773. The van der Waals surface area contributed by atoms with Gasteiger partial charge in [-0.25, -0.2) is 0 Å². The van der Waals surface area contributed by atoms with E-state index in [0.29, 0.717) is 22.5 Å². The molecule has 0 aliphatic carbocycles. The van der Waals surface area contributed by atoms with E-state index in [-0.39, 0.29) is 11.8 Å². The first-order chi connectivity index (χ1) is 7.95. The number of hydrogen-bond acceptors (Lipinski definition) is 1. The predicted molar refractivity (Wildman–Crippen MR) is 72.8 cm³/mol. The van der Waals surface area contributed by atoms with Gasteiger partial charge in [0.1, 0.15) is 0 Å². The molecule has 0 fully saturated rings. The van der Waals surface area contributed by atoms with Gasteiger partial charge in [-0.05, 0) is 17.7 Å². The Kier molecular flexibility index (Phi) is 5.57. The molecule has 0 bridgehead atoms. The maximum atomic E-state index is 11.8. The van der Waals surface area contributed by atoms with E-state index in [9.17, 15) is 4.79 Å². The van der Waals surface area contributed by atoms with Crippen molar-refractivity contribution in [2.45, 2.75) is 13.5 Å². The molecular formula is C12H14Cl3NO. The van der Waals surface area contributed by atoms with Crippen LogP contribution in [-0.2, 0) is 11.3 Å². The van der Waals surface area contributed by atoms with Gasteiger partial charge in [-0.15, -0.1) is 11.6 Å². The van der Waals surface area contributed by atoms with Crippen LogP contribution >= 0.6 is 34.8 Å². The van der Waals surface area contributed by atoms with E-state index in [1.807, 2.05) is 6.07 Å². The van der Waals surface area contributed by atoms with Crippen molar-refractivity contribution in [3.05, 3.63) is 33.8 Å². The number of nitrogens with zero attached hydrogens (tertiary/aromatic N) is 1. The molecule has 0 aliphatic heterocycles. The summed E-state index contributed by atoms with van der Waals surface area (Å²) in [6, 6.07) is 5.34. The molecule has 1 atom stereocenters. The largest absolute Gasteiger partial charge is 0.341 e. The molecule has 94 valence electrons. The average Bonchev–Trinajstić information content (AvgIpc) is 2.31. The highest BCUT2D eigenvalue weighted by Crippen LogP contribution is 2.23. The summed E-state index contributed by atoms with van der Waals surface area (Å²) < 4.78 is 0. The smallest absolute Gasteiger partial charge is 0.226 e. The molecule has 1 amide bonds. The third-order valence-electron chi connectivity index (χ3n) is 2.43. The number of benzene rings is 1. The van der Waals surface area contributed by atoms with E-state index in [4.69, 9.17) is 34.8 Å². The number of alkyl halides is 1. The summed E-state index contributed by atoms with van der Waals surface area (Å²) in [7, 11) is 1.74. The van der Waals surface area contributed by atoms with E-state index in [0.717, 1.165) is 5.56 Å². The number of carbonyl (C=O) groups excluding carboxylic acids is 1. The van der Waals surface area contributed by atoms with Gasteiger partial charge < -0.3 is 4.90 Å². The Morgan fingerprint density at radius 3 is 2.53 bits per heavy atom. The third kappa shape index (κ3) is 4.06. The first-order valence-corrected chi connectivity index (χ1v) is 6.49. The Morgan fingerprint density at radius 2 is 2.00 bits per heavy atom. The van der Waals surface area contributed by atoms with Gasteiger partial charge in [0.15, 0.2) is 0 Å². The second kappa shape index (κ2) is 6.48. The SMILES string of the molecule is CC(CCl)C(=O)N(C)Cc1ccc(Cl)c(Cl)c1. The van der Waals surface area contributed by atoms with E-state index < -0.39 is 0 Å². The topological polar surface area (TPSA) is 20.3 Å². The van der Waals surface area contributed by atoms with Gasteiger partial charge in [-0.3, -0.25) is 4.79 Å². The minimum absolute atomic E-state index is 0.0195. The molecule has 5 heteroatoms. The van der Waals surface area contributed by atoms with Crippen molar-refractivity contribution in [1.82, 2.24) is 4.90 Å². The second-order valence-electron chi connectivity index (χ2n) is 4.00. The number of carbonyl (C=O) groups is 1. The highest BCUT2D eigenvalue weighted by atomic mass is 35.5. The molecule has 1 aromatic rings. The van der Waals surface area contributed by atoms with Crippen LogP contribution in [0.1, 0.15) is 12.5 Å². The highest BCUT2D eigenvalue weighted by Gasteiger charge is 2.16. The van der Waals surface area contributed by atoms with Gasteiger partial charge in [-0.2, -0.15) is 0 Å². The van der Waals surface area contributed by atoms with Crippen LogP contribution in [0.4, 0.5) is 0 Å². The number of rotatable bonds is 4. The van der Waals surface area contributed by atoms with Gasteiger partial charge in [0.25, 0.3) is 0 Å². The fourth-order valence-electron chi connectivity index (χ4n) is 1.43. The van der Waals surface area contributed by atoms with Crippen molar-refractivity contribution in [1.29, 1.82) is 0 Å². The average molecular weight is 295 g/mol. The summed E-state index contributed by atoms with van der Waals surface area (Å²) >= 11 is 17.4. The van der Waals surface area contributed by atoms with Crippen molar-refractivity contribution in [3.63, 3.8) is 0 Å². The van der Waals surface area contributed by atoms with Gasteiger partial charge in [0, 0.05) is 25.4 Å². The number of hydrogen-bond donors (Lipinski definition) is 0. The van der Waals surface area contributed by atoms with Crippen LogP contribution in [-0.4, -0.2) is 23.7 Å². The molecule has 0 aliphatic rings. The van der Waals surface area contributed by atoms with Crippen LogP contribution in [0.2, 0.25) is 10.0 Å². The lowest BCUT2D eigenvalue weighted by molar-refractivity contribution is -0.133. The zero-order chi connectivity index (χ0) is 13.0. The minimum atomic E-state index is -0.176. The van der Waals surface area contributed by atoms with Crippen molar-refractivity contribution >= 4 is 40.7 Å². The lowest BCUT2D eigenvalue weighted by Gasteiger charge is -2.20. The number of halogens is 3. The van der Waals surface area contributed by atoms with Crippen LogP contribution in [0.15, 0.2) is 18.2 Å². The van der Waals surface area contributed by atoms with E-state index in [1.54, 1.807) is 31.0 Å². The first-order valence-electron chi connectivity index (χ1n) is 5.20. The molecule has 0 saturated heterocycles. The standard InChI is InChI=1S/C12H14Cl3NO/c1-8(6-13)12(17)16(2)7-9-3-4-10(14)11(15)5-9/h3-5,8H,6-7H2,1-2H3. The fraction of sp³-hybridized carbons (Fsp3) is 0.417. The fourth-order valence-corrected chi connectivity index (χ4v) is 1.88. The van der Waals surface area contributed by atoms with Gasteiger partial charge in [-0.1, -0.05) is 36.2 Å². The lowest BCUT2D eigenvalue weighted by Crippen LogP contribution is -2.31. The zero-order valence-corrected chi connectivity index (χ0v) is 12.0. The van der Waals surface area contributed by atoms with E-state index in [1.165, 1.54) is 0 Å². The maximum absolute atomic E-state index is 11.8. The van der Waals surface area contributed by atoms with E-state index in [2.05, 4.69) is 0 Å². The molecule has 1 unspecified atom stereocenters. The van der Waals surface area contributed by atoms with E-state index >= 15 is 0 Å². The first kappa shape index (κ1) is 14.6. The predicted octanol–water partition coefficient (Wildman–Crippen LogP) is 3.83. The minimum Gasteiger partial charge on any atom is -0.341 e. The molecule has 0 radical (unpaired) electrons. The monoisotopic (exact) mass is 293 g/mol. The van der Waals surface area contributed by atoms with Crippen molar-refractivity contribution in [2.75, 3.05) is 12.9 Å². The highest BCUT2D eigenvalue weighted by molar-refractivity contribution is 6.42. The van der Waals surface area contributed by atoms with Gasteiger partial charge in [0.05, 0.1) is 10.0 Å². The zero-order valence-electron chi connectivity index (χ0n) is 9.71.